The number of aromatic nitrogens is 1. The minimum absolute atomic E-state index is 0.231. The van der Waals surface area contributed by atoms with E-state index in [2.05, 4.69) is 10.3 Å². The van der Waals surface area contributed by atoms with Gasteiger partial charge in [0.05, 0.1) is 12.3 Å². The summed E-state index contributed by atoms with van der Waals surface area (Å²) >= 11 is 0. The summed E-state index contributed by atoms with van der Waals surface area (Å²) in [5.74, 6) is -0.889. The van der Waals surface area contributed by atoms with Crippen LogP contribution in [0.25, 0.3) is 10.9 Å². The van der Waals surface area contributed by atoms with Crippen LogP contribution < -0.4 is 5.32 Å². The Bertz CT molecular complexity index is 599. The van der Waals surface area contributed by atoms with Gasteiger partial charge in [0.2, 0.25) is 0 Å². The van der Waals surface area contributed by atoms with Crippen molar-refractivity contribution in [3.05, 3.63) is 35.8 Å². The van der Waals surface area contributed by atoms with E-state index in [1.807, 2.05) is 0 Å². The molecule has 2 aromatic rings. The van der Waals surface area contributed by atoms with E-state index in [-0.39, 0.29) is 12.1 Å². The Morgan fingerprint density at radius 3 is 2.94 bits per heavy atom. The second-order valence-corrected chi connectivity index (χ2v) is 3.65. The van der Waals surface area contributed by atoms with Gasteiger partial charge in [0.25, 0.3) is 0 Å². The third-order valence-electron chi connectivity index (χ3n) is 2.59. The molecular weight excluding hydrogens is 235 g/mol. The molecule has 1 N–H and O–H groups in total. The van der Waals surface area contributed by atoms with Crippen LogP contribution >= 0.6 is 0 Å². The van der Waals surface area contributed by atoms with E-state index in [1.165, 1.54) is 12.3 Å². The minimum atomic E-state index is -0.472. The fourth-order valence-electron chi connectivity index (χ4n) is 1.82. The molecule has 0 aliphatic heterocycles. The molecule has 0 aliphatic carbocycles. The number of halogens is 1. The van der Waals surface area contributed by atoms with E-state index in [0.29, 0.717) is 16.6 Å². The van der Waals surface area contributed by atoms with Gasteiger partial charge in [0.1, 0.15) is 16.9 Å². The molecule has 1 heterocycles. The Balaban J connectivity index is 2.67. The predicted octanol–water partition coefficient (Wildman–Crippen LogP) is 2.59. The topological polar surface area (TPSA) is 51.2 Å². The number of hydrogen-bond donors (Lipinski definition) is 1. The lowest BCUT2D eigenvalue weighted by molar-refractivity contribution is 0.0527. The number of benzene rings is 1. The lowest BCUT2D eigenvalue weighted by Crippen LogP contribution is -2.09. The Kier molecular flexibility index (Phi) is 3.41. The molecule has 1 aromatic carbocycles. The Labute approximate surface area is 104 Å². The molecule has 0 bridgehead atoms. The quantitative estimate of drug-likeness (QED) is 0.848. The molecule has 0 radical (unpaired) electrons. The van der Waals surface area contributed by atoms with Crippen LogP contribution in [0.1, 0.15) is 17.3 Å². The second-order valence-electron chi connectivity index (χ2n) is 3.65. The highest BCUT2D eigenvalue weighted by atomic mass is 19.1. The maximum atomic E-state index is 13.6. The van der Waals surface area contributed by atoms with Gasteiger partial charge in [0.15, 0.2) is 0 Å². The van der Waals surface area contributed by atoms with Crippen molar-refractivity contribution in [2.45, 2.75) is 6.92 Å². The largest absolute Gasteiger partial charge is 0.462 e. The zero-order chi connectivity index (χ0) is 13.1. The van der Waals surface area contributed by atoms with Crippen LogP contribution in [0.15, 0.2) is 24.4 Å². The van der Waals surface area contributed by atoms with Crippen molar-refractivity contribution in [3.63, 3.8) is 0 Å². The van der Waals surface area contributed by atoms with Crippen molar-refractivity contribution >= 4 is 22.6 Å². The van der Waals surface area contributed by atoms with E-state index in [9.17, 15) is 9.18 Å². The van der Waals surface area contributed by atoms with Crippen LogP contribution in [0.3, 0.4) is 0 Å². The molecule has 0 fully saturated rings. The molecule has 18 heavy (non-hydrogen) atoms. The van der Waals surface area contributed by atoms with E-state index in [1.54, 1.807) is 26.1 Å². The fraction of sp³-hybridized carbons (Fsp3) is 0.231. The van der Waals surface area contributed by atoms with Gasteiger partial charge < -0.3 is 10.1 Å². The highest BCUT2D eigenvalue weighted by Crippen LogP contribution is 2.27. The summed E-state index contributed by atoms with van der Waals surface area (Å²) in [6, 6.07) is 4.62. The highest BCUT2D eigenvalue weighted by Gasteiger charge is 2.16. The summed E-state index contributed by atoms with van der Waals surface area (Å²) in [6.07, 6.45) is 1.33. The Hall–Kier alpha value is -2.17. The Morgan fingerprint density at radius 1 is 1.50 bits per heavy atom. The second kappa shape index (κ2) is 5.00. The van der Waals surface area contributed by atoms with E-state index in [0.717, 1.165) is 0 Å². The summed E-state index contributed by atoms with van der Waals surface area (Å²) in [5, 5.41) is 3.46. The average molecular weight is 248 g/mol. The molecule has 0 spiro atoms. The number of anilines is 1. The first-order chi connectivity index (χ1) is 8.69. The lowest BCUT2D eigenvalue weighted by Gasteiger charge is -2.11. The van der Waals surface area contributed by atoms with Crippen LogP contribution in [0.2, 0.25) is 0 Å². The van der Waals surface area contributed by atoms with E-state index in [4.69, 9.17) is 4.74 Å². The van der Waals surface area contributed by atoms with Crippen molar-refractivity contribution in [1.29, 1.82) is 0 Å². The number of nitrogens with zero attached hydrogens (tertiary/aromatic N) is 1. The first-order valence-corrected chi connectivity index (χ1v) is 5.61. The average Bonchev–Trinajstić information content (AvgIpc) is 2.38. The summed E-state index contributed by atoms with van der Waals surface area (Å²) < 4.78 is 18.5. The maximum absolute atomic E-state index is 13.6. The minimum Gasteiger partial charge on any atom is -0.462 e. The zero-order valence-electron chi connectivity index (χ0n) is 10.2. The molecule has 4 nitrogen and oxygen atoms in total. The number of hydrogen-bond acceptors (Lipinski definition) is 4. The van der Waals surface area contributed by atoms with Crippen LogP contribution in [0.4, 0.5) is 10.1 Å². The van der Waals surface area contributed by atoms with Crippen LogP contribution in [0.5, 0.6) is 0 Å². The summed E-state index contributed by atoms with van der Waals surface area (Å²) in [7, 11) is 1.67. The van der Waals surface area contributed by atoms with Gasteiger partial charge in [-0.25, -0.2) is 9.18 Å². The smallest absolute Gasteiger partial charge is 0.341 e. The number of esters is 1. The number of ether oxygens (including phenoxy) is 1. The molecule has 5 heteroatoms. The highest BCUT2D eigenvalue weighted by molar-refractivity contribution is 6.04. The lowest BCUT2D eigenvalue weighted by atomic mass is 10.1. The number of fused-ring (bicyclic) bond motifs is 1. The monoisotopic (exact) mass is 248 g/mol. The molecule has 2 rings (SSSR count). The van der Waals surface area contributed by atoms with Gasteiger partial charge in [-0.3, -0.25) is 4.98 Å². The summed E-state index contributed by atoms with van der Waals surface area (Å²) in [5.41, 5.74) is 1.06. The van der Waals surface area contributed by atoms with Gasteiger partial charge >= 0.3 is 5.97 Å². The molecule has 0 unspecified atom stereocenters. The first kappa shape index (κ1) is 12.3. The third kappa shape index (κ3) is 1.99. The van der Waals surface area contributed by atoms with Crippen LogP contribution in [-0.2, 0) is 4.74 Å². The van der Waals surface area contributed by atoms with Gasteiger partial charge in [-0.2, -0.15) is 0 Å². The van der Waals surface area contributed by atoms with Crippen LogP contribution in [0, 0.1) is 5.82 Å². The number of carbonyl (C=O) groups excluding carboxylic acids is 1. The zero-order valence-corrected chi connectivity index (χ0v) is 10.2. The fourth-order valence-corrected chi connectivity index (χ4v) is 1.82. The molecule has 1 aromatic heterocycles. The van der Waals surface area contributed by atoms with Crippen molar-refractivity contribution in [1.82, 2.24) is 4.98 Å². The molecule has 0 aliphatic rings. The first-order valence-electron chi connectivity index (χ1n) is 5.61. The van der Waals surface area contributed by atoms with Crippen molar-refractivity contribution in [2.24, 2.45) is 0 Å². The molecule has 0 saturated carbocycles. The summed E-state index contributed by atoms with van der Waals surface area (Å²) in [6.45, 7) is 2.01. The third-order valence-corrected chi connectivity index (χ3v) is 2.59. The van der Waals surface area contributed by atoms with E-state index >= 15 is 0 Å². The number of carbonyl (C=O) groups is 1. The molecule has 0 amide bonds. The number of nitrogens with one attached hydrogen (secondary N) is 1. The predicted molar refractivity (Wildman–Crippen MR) is 67.2 cm³/mol. The molecular formula is C13H13FN2O2. The van der Waals surface area contributed by atoms with E-state index < -0.39 is 11.8 Å². The number of pyridine rings is 1. The van der Waals surface area contributed by atoms with Gasteiger partial charge in [-0.15, -0.1) is 0 Å². The Morgan fingerprint density at radius 2 is 2.28 bits per heavy atom. The SMILES string of the molecule is CCOC(=O)c1cnc2c(F)cccc2c1NC. The standard InChI is InChI=1S/C13H13FN2O2/c1-3-18-13(17)9-7-16-12-8(11(9)15-2)5-4-6-10(12)14/h4-7H,3H2,1-2H3,(H,15,16). The van der Waals surface area contributed by atoms with Gasteiger partial charge in [-0.1, -0.05) is 12.1 Å². The van der Waals surface area contributed by atoms with Gasteiger partial charge in [-0.05, 0) is 13.0 Å². The number of rotatable bonds is 3. The van der Waals surface area contributed by atoms with Crippen LogP contribution in [-0.4, -0.2) is 24.6 Å². The van der Waals surface area contributed by atoms with Crippen molar-refractivity contribution in [3.8, 4) is 0 Å². The molecule has 94 valence electrons. The van der Waals surface area contributed by atoms with Gasteiger partial charge in [0, 0.05) is 18.6 Å². The number of para-hydroxylation sites is 1. The molecule has 0 saturated heterocycles. The molecule has 0 atom stereocenters. The normalized spacial score (nSPS) is 10.4. The maximum Gasteiger partial charge on any atom is 0.341 e. The summed E-state index contributed by atoms with van der Waals surface area (Å²) in [4.78, 5) is 15.7. The van der Waals surface area contributed by atoms with Crippen molar-refractivity contribution in [2.75, 3.05) is 19.0 Å². The van der Waals surface area contributed by atoms with Crippen molar-refractivity contribution < 1.29 is 13.9 Å².